The number of hydrogen-bond donors (Lipinski definition) is 1. The van der Waals surface area contributed by atoms with Crippen molar-refractivity contribution < 1.29 is 4.79 Å². The lowest BCUT2D eigenvalue weighted by Crippen LogP contribution is -2.38. The minimum absolute atomic E-state index is 0.0226. The molecule has 0 radical (unpaired) electrons. The van der Waals surface area contributed by atoms with Gasteiger partial charge in [0.1, 0.15) is 5.03 Å². The summed E-state index contributed by atoms with van der Waals surface area (Å²) in [5, 5.41) is 3.95. The fourth-order valence-electron chi connectivity index (χ4n) is 3.44. The highest BCUT2D eigenvalue weighted by Crippen LogP contribution is 2.33. The van der Waals surface area contributed by atoms with Crippen LogP contribution in [0, 0.1) is 12.8 Å². The Kier molecular flexibility index (Phi) is 6.10. The number of hydrogen-bond acceptors (Lipinski definition) is 5. The van der Waals surface area contributed by atoms with E-state index in [-0.39, 0.29) is 11.8 Å². The second kappa shape index (κ2) is 9.09. The van der Waals surface area contributed by atoms with Gasteiger partial charge in [-0.2, -0.15) is 0 Å². The van der Waals surface area contributed by atoms with Crippen LogP contribution < -0.4 is 10.2 Å². The second-order valence-electron chi connectivity index (χ2n) is 7.22. The molecule has 1 N–H and O–H groups in total. The number of carbonyl (C=O) groups excluding carboxylic acids is 1. The third-order valence-corrected chi connectivity index (χ3v) is 6.08. The van der Waals surface area contributed by atoms with E-state index in [0.717, 1.165) is 47.4 Å². The van der Waals surface area contributed by atoms with Crippen molar-refractivity contribution in [3.05, 3.63) is 72.6 Å². The first-order valence-corrected chi connectivity index (χ1v) is 10.7. The number of aromatic nitrogens is 2. The summed E-state index contributed by atoms with van der Waals surface area (Å²) in [6, 6.07) is 18.1. The molecule has 29 heavy (non-hydrogen) atoms. The Morgan fingerprint density at radius 2 is 1.69 bits per heavy atom. The molecular weight excluding hydrogens is 380 g/mol. The van der Waals surface area contributed by atoms with Gasteiger partial charge in [-0.05, 0) is 44.0 Å². The maximum Gasteiger partial charge on any atom is 0.227 e. The minimum atomic E-state index is 0.0226. The molecule has 0 atom stereocenters. The molecule has 1 aromatic heterocycles. The summed E-state index contributed by atoms with van der Waals surface area (Å²) in [5.74, 6) is 1.03. The van der Waals surface area contributed by atoms with Gasteiger partial charge < -0.3 is 10.2 Å². The number of benzene rings is 2. The zero-order chi connectivity index (χ0) is 20.1. The molecule has 148 valence electrons. The van der Waals surface area contributed by atoms with Crippen LogP contribution in [0.15, 0.2) is 76.9 Å². The first-order valence-electron chi connectivity index (χ1n) is 9.85. The largest absolute Gasteiger partial charge is 0.354 e. The molecule has 1 saturated heterocycles. The molecule has 1 aliphatic heterocycles. The van der Waals surface area contributed by atoms with Gasteiger partial charge in [0.05, 0.1) is 0 Å². The maximum absolute atomic E-state index is 12.6. The van der Waals surface area contributed by atoms with Crippen LogP contribution in [0.1, 0.15) is 18.4 Å². The molecule has 5 nitrogen and oxygen atoms in total. The summed E-state index contributed by atoms with van der Waals surface area (Å²) < 4.78 is 0. The molecule has 1 aliphatic rings. The number of amides is 1. The Morgan fingerprint density at radius 3 is 2.41 bits per heavy atom. The number of aryl methyl sites for hydroxylation is 1. The molecule has 0 bridgehead atoms. The van der Waals surface area contributed by atoms with Gasteiger partial charge in [0.15, 0.2) is 5.82 Å². The van der Waals surface area contributed by atoms with Crippen LogP contribution in [-0.4, -0.2) is 29.0 Å². The van der Waals surface area contributed by atoms with Crippen LogP contribution in [0.2, 0.25) is 0 Å². The molecule has 1 fully saturated rings. The zero-order valence-electron chi connectivity index (χ0n) is 16.4. The van der Waals surface area contributed by atoms with Crippen molar-refractivity contribution in [1.82, 2.24) is 9.97 Å². The first-order chi connectivity index (χ1) is 14.2. The standard InChI is InChI=1S/C23H24N4OS/c1-17-7-9-19(10-8-17)26-22(28)18-11-15-27(16-12-18)21-23(25-14-13-24-21)29-20-5-3-2-4-6-20/h2-10,13-14,18H,11-12,15-16H2,1H3,(H,26,28). The van der Waals surface area contributed by atoms with Gasteiger partial charge in [0.25, 0.3) is 0 Å². The summed E-state index contributed by atoms with van der Waals surface area (Å²) in [5.41, 5.74) is 2.04. The molecule has 2 aromatic carbocycles. The van der Waals surface area contributed by atoms with Crippen molar-refractivity contribution in [2.45, 2.75) is 29.7 Å². The third-order valence-electron chi connectivity index (χ3n) is 5.09. The fourth-order valence-corrected chi connectivity index (χ4v) is 4.34. The summed E-state index contributed by atoms with van der Waals surface area (Å²) >= 11 is 1.62. The van der Waals surface area contributed by atoms with Crippen molar-refractivity contribution in [2.24, 2.45) is 5.92 Å². The van der Waals surface area contributed by atoms with E-state index in [0.29, 0.717) is 0 Å². The summed E-state index contributed by atoms with van der Waals surface area (Å²) in [6.45, 7) is 3.64. The van der Waals surface area contributed by atoms with Gasteiger partial charge in [-0.1, -0.05) is 47.7 Å². The maximum atomic E-state index is 12.6. The molecule has 3 aromatic rings. The topological polar surface area (TPSA) is 58.1 Å². The van der Waals surface area contributed by atoms with Crippen LogP contribution in [-0.2, 0) is 4.79 Å². The molecule has 6 heteroatoms. The summed E-state index contributed by atoms with van der Waals surface area (Å²) in [4.78, 5) is 25.2. The lowest BCUT2D eigenvalue weighted by molar-refractivity contribution is -0.120. The zero-order valence-corrected chi connectivity index (χ0v) is 17.2. The van der Waals surface area contributed by atoms with E-state index in [1.165, 1.54) is 5.56 Å². The number of anilines is 2. The van der Waals surface area contributed by atoms with Crippen LogP contribution in [0.3, 0.4) is 0 Å². The Hall–Kier alpha value is -2.86. The van der Waals surface area contributed by atoms with Crippen molar-refractivity contribution in [3.63, 3.8) is 0 Å². The number of nitrogens with one attached hydrogen (secondary N) is 1. The highest BCUT2D eigenvalue weighted by atomic mass is 32.2. The highest BCUT2D eigenvalue weighted by Gasteiger charge is 2.27. The highest BCUT2D eigenvalue weighted by molar-refractivity contribution is 7.99. The average molecular weight is 405 g/mol. The third kappa shape index (κ3) is 4.95. The Bertz CT molecular complexity index is 954. The fraction of sp³-hybridized carbons (Fsp3) is 0.261. The molecule has 0 unspecified atom stereocenters. The van der Waals surface area contributed by atoms with Crippen molar-refractivity contribution >= 4 is 29.2 Å². The van der Waals surface area contributed by atoms with Gasteiger partial charge in [-0.25, -0.2) is 9.97 Å². The van der Waals surface area contributed by atoms with E-state index in [1.807, 2.05) is 49.4 Å². The molecule has 2 heterocycles. The van der Waals surface area contributed by atoms with Crippen molar-refractivity contribution in [1.29, 1.82) is 0 Å². The van der Waals surface area contributed by atoms with Gasteiger partial charge >= 0.3 is 0 Å². The van der Waals surface area contributed by atoms with Gasteiger partial charge in [-0.15, -0.1) is 0 Å². The van der Waals surface area contributed by atoms with Gasteiger partial charge in [0.2, 0.25) is 5.91 Å². The molecule has 0 aliphatic carbocycles. The Balaban J connectivity index is 1.38. The van der Waals surface area contributed by atoms with E-state index in [1.54, 1.807) is 24.2 Å². The SMILES string of the molecule is Cc1ccc(NC(=O)C2CCN(c3nccnc3Sc3ccccc3)CC2)cc1. The minimum Gasteiger partial charge on any atom is -0.354 e. The number of piperidine rings is 1. The number of carbonyl (C=O) groups is 1. The summed E-state index contributed by atoms with van der Waals surface area (Å²) in [6.07, 6.45) is 5.09. The van der Waals surface area contributed by atoms with E-state index in [4.69, 9.17) is 0 Å². The molecule has 1 amide bonds. The van der Waals surface area contributed by atoms with Gasteiger partial charge in [-0.3, -0.25) is 4.79 Å². The van der Waals surface area contributed by atoms with Crippen molar-refractivity contribution in [2.75, 3.05) is 23.3 Å². The smallest absolute Gasteiger partial charge is 0.227 e. The lowest BCUT2D eigenvalue weighted by Gasteiger charge is -2.32. The van der Waals surface area contributed by atoms with E-state index >= 15 is 0 Å². The van der Waals surface area contributed by atoms with Crippen LogP contribution in [0.4, 0.5) is 11.5 Å². The van der Waals surface area contributed by atoms with Gasteiger partial charge in [0, 0.05) is 42.0 Å². The molecule has 0 saturated carbocycles. The second-order valence-corrected chi connectivity index (χ2v) is 8.28. The first kappa shape index (κ1) is 19.5. The predicted octanol–water partition coefficient (Wildman–Crippen LogP) is 4.79. The Labute approximate surface area is 175 Å². The quantitative estimate of drug-likeness (QED) is 0.662. The van der Waals surface area contributed by atoms with Crippen LogP contribution in [0.25, 0.3) is 0 Å². The number of rotatable bonds is 5. The van der Waals surface area contributed by atoms with E-state index in [2.05, 4.69) is 32.3 Å². The normalized spacial score (nSPS) is 14.6. The number of nitrogens with zero attached hydrogens (tertiary/aromatic N) is 3. The predicted molar refractivity (Wildman–Crippen MR) is 117 cm³/mol. The average Bonchev–Trinajstić information content (AvgIpc) is 2.77. The monoisotopic (exact) mass is 404 g/mol. The van der Waals surface area contributed by atoms with Crippen LogP contribution in [0.5, 0.6) is 0 Å². The lowest BCUT2D eigenvalue weighted by atomic mass is 9.96. The van der Waals surface area contributed by atoms with Crippen molar-refractivity contribution in [3.8, 4) is 0 Å². The van der Waals surface area contributed by atoms with E-state index < -0.39 is 0 Å². The molecule has 4 rings (SSSR count). The molecular formula is C23H24N4OS. The molecule has 0 spiro atoms. The summed E-state index contributed by atoms with van der Waals surface area (Å²) in [7, 11) is 0. The van der Waals surface area contributed by atoms with E-state index in [9.17, 15) is 4.79 Å². The van der Waals surface area contributed by atoms with Crippen LogP contribution >= 0.6 is 11.8 Å². The Morgan fingerprint density at radius 1 is 1.00 bits per heavy atom.